The normalized spacial score (nSPS) is 11.4. The first-order valence-corrected chi connectivity index (χ1v) is 6.61. The van der Waals surface area contributed by atoms with Crippen molar-refractivity contribution in [1.29, 1.82) is 0 Å². The molecule has 0 amide bonds. The summed E-state index contributed by atoms with van der Waals surface area (Å²) in [7, 11) is 0. The summed E-state index contributed by atoms with van der Waals surface area (Å²) < 4.78 is 1.25. The second-order valence-electron chi connectivity index (χ2n) is 4.85. The number of rotatable bonds is 4. The van der Waals surface area contributed by atoms with Gasteiger partial charge in [-0.2, -0.15) is 10.2 Å². The van der Waals surface area contributed by atoms with E-state index in [9.17, 15) is 20.2 Å². The zero-order valence-electron chi connectivity index (χ0n) is 12.5. The lowest BCUT2D eigenvalue weighted by atomic mass is 10.3. The van der Waals surface area contributed by atoms with Gasteiger partial charge in [0, 0.05) is 18.0 Å². The van der Waals surface area contributed by atoms with Crippen LogP contribution in [0.3, 0.4) is 0 Å². The van der Waals surface area contributed by atoms with E-state index in [0.717, 1.165) is 11.0 Å². The van der Waals surface area contributed by atoms with Crippen molar-refractivity contribution >= 4 is 23.2 Å². The van der Waals surface area contributed by atoms with Gasteiger partial charge in [0.25, 0.3) is 0 Å². The van der Waals surface area contributed by atoms with Crippen LogP contribution in [0.1, 0.15) is 17.0 Å². The van der Waals surface area contributed by atoms with Gasteiger partial charge in [-0.25, -0.2) is 9.50 Å². The number of hydrogen-bond donors (Lipinski definition) is 0. The van der Waals surface area contributed by atoms with Gasteiger partial charge < -0.3 is 0 Å². The smallest absolute Gasteiger partial charge is 0.258 e. The van der Waals surface area contributed by atoms with Crippen LogP contribution in [0, 0.1) is 34.1 Å². The van der Waals surface area contributed by atoms with Gasteiger partial charge in [0.05, 0.1) is 16.1 Å². The first kappa shape index (κ1) is 15.2. The Morgan fingerprint density at radius 3 is 2.58 bits per heavy atom. The molecule has 0 N–H and O–H groups in total. The van der Waals surface area contributed by atoms with Crippen LogP contribution in [-0.4, -0.2) is 40.5 Å². The molecule has 0 saturated heterocycles. The molecule has 0 spiro atoms. The highest BCUT2D eigenvalue weighted by Gasteiger charge is 2.21. The topological polar surface area (TPSA) is 147 Å². The highest BCUT2D eigenvalue weighted by molar-refractivity contribution is 5.79. The van der Waals surface area contributed by atoms with Gasteiger partial charge in [0.2, 0.25) is 5.65 Å². The number of aromatic nitrogens is 5. The molecule has 0 unspecified atom stereocenters. The lowest BCUT2D eigenvalue weighted by Crippen LogP contribution is -1.99. The molecule has 122 valence electrons. The average Bonchev–Trinajstić information content (AvgIpc) is 3.05. The minimum Gasteiger partial charge on any atom is -0.258 e. The number of aryl methyl sites for hydroxylation is 1. The summed E-state index contributed by atoms with van der Waals surface area (Å²) in [6.45, 7) is 3.06. The van der Waals surface area contributed by atoms with Gasteiger partial charge in [-0.05, 0) is 13.8 Å². The standard InChI is InChI=1S/C12H10N8O4/c1-7-11(20(23)24)8(2)18(16-7)15-4-9-3-13-12-10(19(21)22)5-14-17(12)6-9/h3-6H,1-2H3/b15-4+. The summed E-state index contributed by atoms with van der Waals surface area (Å²) in [5.41, 5.74) is 0.856. The van der Waals surface area contributed by atoms with Gasteiger partial charge in [0.15, 0.2) is 0 Å². The second-order valence-corrected chi connectivity index (χ2v) is 4.85. The third-order valence-corrected chi connectivity index (χ3v) is 3.28. The van der Waals surface area contributed by atoms with E-state index in [-0.39, 0.29) is 28.4 Å². The summed E-state index contributed by atoms with van der Waals surface area (Å²) >= 11 is 0. The predicted molar refractivity (Wildman–Crippen MR) is 81.0 cm³/mol. The van der Waals surface area contributed by atoms with Crippen molar-refractivity contribution in [3.8, 4) is 0 Å². The van der Waals surface area contributed by atoms with Crippen LogP contribution in [-0.2, 0) is 0 Å². The quantitative estimate of drug-likeness (QED) is 0.397. The first-order chi connectivity index (χ1) is 11.4. The van der Waals surface area contributed by atoms with Crippen molar-refractivity contribution < 1.29 is 9.85 Å². The Morgan fingerprint density at radius 2 is 1.96 bits per heavy atom. The third kappa shape index (κ3) is 2.45. The number of nitrogens with zero attached hydrogens (tertiary/aromatic N) is 8. The molecular formula is C12H10N8O4. The minimum atomic E-state index is -0.571. The molecule has 0 aliphatic rings. The van der Waals surface area contributed by atoms with Gasteiger partial charge in [0.1, 0.15) is 17.6 Å². The molecule has 0 saturated carbocycles. The molecule has 12 heteroatoms. The van der Waals surface area contributed by atoms with Crippen LogP contribution in [0.25, 0.3) is 5.65 Å². The number of nitro groups is 2. The average molecular weight is 330 g/mol. The van der Waals surface area contributed by atoms with Crippen molar-refractivity contribution in [2.75, 3.05) is 0 Å². The molecule has 0 aliphatic carbocycles. The van der Waals surface area contributed by atoms with Crippen molar-refractivity contribution in [3.63, 3.8) is 0 Å². The van der Waals surface area contributed by atoms with E-state index in [2.05, 4.69) is 20.3 Å². The van der Waals surface area contributed by atoms with Crippen molar-refractivity contribution in [2.45, 2.75) is 13.8 Å². The molecule has 24 heavy (non-hydrogen) atoms. The monoisotopic (exact) mass is 330 g/mol. The van der Waals surface area contributed by atoms with E-state index in [0.29, 0.717) is 5.56 Å². The summed E-state index contributed by atoms with van der Waals surface area (Å²) in [6.07, 6.45) is 5.36. The Morgan fingerprint density at radius 1 is 1.21 bits per heavy atom. The van der Waals surface area contributed by atoms with Gasteiger partial charge in [-0.3, -0.25) is 20.2 Å². The third-order valence-electron chi connectivity index (χ3n) is 3.28. The van der Waals surface area contributed by atoms with Crippen LogP contribution < -0.4 is 0 Å². The summed E-state index contributed by atoms with van der Waals surface area (Å²) in [5, 5.41) is 33.7. The fourth-order valence-corrected chi connectivity index (χ4v) is 2.19. The van der Waals surface area contributed by atoms with E-state index in [4.69, 9.17) is 0 Å². The maximum absolute atomic E-state index is 11.0. The highest BCUT2D eigenvalue weighted by atomic mass is 16.6. The van der Waals surface area contributed by atoms with Gasteiger partial charge in [-0.1, -0.05) is 0 Å². The highest BCUT2D eigenvalue weighted by Crippen LogP contribution is 2.21. The van der Waals surface area contributed by atoms with Gasteiger partial charge >= 0.3 is 11.4 Å². The van der Waals surface area contributed by atoms with Crippen molar-refractivity contribution in [1.82, 2.24) is 24.5 Å². The molecule has 0 aliphatic heterocycles. The molecule has 0 bridgehead atoms. The van der Waals surface area contributed by atoms with Crippen LogP contribution in [0.15, 0.2) is 23.7 Å². The molecule has 0 aromatic carbocycles. The molecule has 0 radical (unpaired) electrons. The molecule has 3 rings (SSSR count). The van der Waals surface area contributed by atoms with Crippen LogP contribution >= 0.6 is 0 Å². The predicted octanol–water partition coefficient (Wildman–Crippen LogP) is 1.24. The Kier molecular flexibility index (Phi) is 3.48. The molecule has 3 aromatic rings. The van der Waals surface area contributed by atoms with Crippen LogP contribution in [0.5, 0.6) is 0 Å². The molecule has 0 fully saturated rings. The van der Waals surface area contributed by atoms with Crippen molar-refractivity contribution in [3.05, 3.63) is 55.8 Å². The largest absolute Gasteiger partial charge is 0.333 e. The molecular weight excluding hydrogens is 320 g/mol. The molecule has 3 aromatic heterocycles. The Balaban J connectivity index is 1.95. The second kappa shape index (κ2) is 5.49. The zero-order valence-corrected chi connectivity index (χ0v) is 12.5. The van der Waals surface area contributed by atoms with E-state index < -0.39 is 9.85 Å². The fourth-order valence-electron chi connectivity index (χ4n) is 2.19. The SMILES string of the molecule is Cc1nn(/N=C/c2cnc3c([N+](=O)[O-])cnn3c2)c(C)c1[N+](=O)[O-]. The fraction of sp³-hybridized carbons (Fsp3) is 0.167. The lowest BCUT2D eigenvalue weighted by molar-refractivity contribution is -0.386. The number of fused-ring (bicyclic) bond motifs is 1. The first-order valence-electron chi connectivity index (χ1n) is 6.61. The maximum Gasteiger partial charge on any atom is 0.333 e. The summed E-state index contributed by atoms with van der Waals surface area (Å²) in [4.78, 5) is 25.8. The van der Waals surface area contributed by atoms with E-state index >= 15 is 0 Å². The Hall–Kier alpha value is -3.70. The van der Waals surface area contributed by atoms with E-state index in [1.54, 1.807) is 0 Å². The summed E-state index contributed by atoms with van der Waals surface area (Å²) in [6, 6.07) is 0. The van der Waals surface area contributed by atoms with Crippen LogP contribution in [0.4, 0.5) is 11.4 Å². The molecule has 0 atom stereocenters. The zero-order chi connectivity index (χ0) is 17.4. The minimum absolute atomic E-state index is 0.0940. The Bertz CT molecular complexity index is 1000. The van der Waals surface area contributed by atoms with E-state index in [1.807, 2.05) is 0 Å². The number of hydrogen-bond acceptors (Lipinski definition) is 8. The van der Waals surface area contributed by atoms with Crippen molar-refractivity contribution in [2.24, 2.45) is 5.10 Å². The molecule has 12 nitrogen and oxygen atoms in total. The lowest BCUT2D eigenvalue weighted by Gasteiger charge is -1.96. The van der Waals surface area contributed by atoms with Crippen LogP contribution in [0.2, 0.25) is 0 Å². The molecule has 3 heterocycles. The van der Waals surface area contributed by atoms with Gasteiger partial charge in [-0.15, -0.1) is 9.89 Å². The maximum atomic E-state index is 11.0. The summed E-state index contributed by atoms with van der Waals surface area (Å²) in [5.74, 6) is 0. The Labute approximate surface area is 133 Å². The van der Waals surface area contributed by atoms with E-state index in [1.165, 1.54) is 37.0 Å².